The molecule has 77 heavy (non-hydrogen) atoms. The lowest BCUT2D eigenvalue weighted by Crippen LogP contribution is -2.30. The molecular formula is C71H136O6. The van der Waals surface area contributed by atoms with E-state index in [1.54, 1.807) is 0 Å². The van der Waals surface area contributed by atoms with Crippen LogP contribution in [0.1, 0.15) is 406 Å². The molecule has 0 aromatic carbocycles. The van der Waals surface area contributed by atoms with Gasteiger partial charge in [0.15, 0.2) is 6.10 Å². The van der Waals surface area contributed by atoms with Gasteiger partial charge in [0.2, 0.25) is 0 Å². The summed E-state index contributed by atoms with van der Waals surface area (Å²) < 4.78 is 16.9. The number of unbranched alkanes of at least 4 members (excludes halogenated alkanes) is 53. The Balaban J connectivity index is 4.05. The highest BCUT2D eigenvalue weighted by Gasteiger charge is 2.19. The molecule has 6 nitrogen and oxygen atoms in total. The topological polar surface area (TPSA) is 78.9 Å². The van der Waals surface area contributed by atoms with Crippen LogP contribution >= 0.6 is 0 Å². The molecule has 0 fully saturated rings. The Kier molecular flexibility index (Phi) is 65.1. The van der Waals surface area contributed by atoms with E-state index in [0.29, 0.717) is 19.3 Å². The van der Waals surface area contributed by atoms with Crippen LogP contribution in [-0.4, -0.2) is 37.2 Å². The molecule has 0 saturated heterocycles. The van der Waals surface area contributed by atoms with Crippen LogP contribution in [0.3, 0.4) is 0 Å². The van der Waals surface area contributed by atoms with Crippen molar-refractivity contribution < 1.29 is 28.6 Å². The minimum atomic E-state index is -0.768. The van der Waals surface area contributed by atoms with E-state index in [4.69, 9.17) is 14.2 Å². The van der Waals surface area contributed by atoms with E-state index in [0.717, 1.165) is 57.8 Å². The third-order valence-corrected chi connectivity index (χ3v) is 16.3. The highest BCUT2D eigenvalue weighted by atomic mass is 16.6. The van der Waals surface area contributed by atoms with Gasteiger partial charge in [-0.2, -0.15) is 0 Å². The second-order valence-electron chi connectivity index (χ2n) is 24.2. The SMILES string of the molecule is CCCCCCCCC/C=C\CCCCCCCCCC(=O)OC(COC(=O)CCCCCCCCCCCC)COC(=O)CCCCCCCCCCCCCCCCCCCCCCCCCCCCCCCCC. The van der Waals surface area contributed by atoms with Gasteiger partial charge in [0.05, 0.1) is 0 Å². The van der Waals surface area contributed by atoms with Crippen LogP contribution < -0.4 is 0 Å². The Morgan fingerprint density at radius 1 is 0.247 bits per heavy atom. The summed E-state index contributed by atoms with van der Waals surface area (Å²) in [4.78, 5) is 38.3. The first-order valence-corrected chi connectivity index (χ1v) is 35.2. The lowest BCUT2D eigenvalue weighted by atomic mass is 10.0. The molecule has 0 N–H and O–H groups in total. The van der Waals surface area contributed by atoms with Gasteiger partial charge in [0.1, 0.15) is 13.2 Å². The molecule has 1 unspecified atom stereocenters. The predicted octanol–water partition coefficient (Wildman–Crippen LogP) is 24.0. The van der Waals surface area contributed by atoms with E-state index in [-0.39, 0.29) is 31.1 Å². The number of allylic oxidation sites excluding steroid dienone is 2. The number of ether oxygens (including phenoxy) is 3. The third-order valence-electron chi connectivity index (χ3n) is 16.3. The molecule has 0 rings (SSSR count). The van der Waals surface area contributed by atoms with Gasteiger partial charge >= 0.3 is 17.9 Å². The maximum absolute atomic E-state index is 12.9. The fourth-order valence-electron chi connectivity index (χ4n) is 11.0. The molecule has 0 aromatic rings. The van der Waals surface area contributed by atoms with Gasteiger partial charge < -0.3 is 14.2 Å². The van der Waals surface area contributed by atoms with Crippen LogP contribution in [-0.2, 0) is 28.6 Å². The van der Waals surface area contributed by atoms with Crippen molar-refractivity contribution in [2.75, 3.05) is 13.2 Å². The monoisotopic (exact) mass is 1090 g/mol. The number of hydrogen-bond donors (Lipinski definition) is 0. The molecule has 1 atom stereocenters. The van der Waals surface area contributed by atoms with Crippen molar-refractivity contribution >= 4 is 17.9 Å². The summed E-state index contributed by atoms with van der Waals surface area (Å²) >= 11 is 0. The second kappa shape index (κ2) is 66.7. The van der Waals surface area contributed by atoms with Crippen LogP contribution in [0.25, 0.3) is 0 Å². The van der Waals surface area contributed by atoms with Gasteiger partial charge in [-0.25, -0.2) is 0 Å². The third kappa shape index (κ3) is 64.9. The normalized spacial score (nSPS) is 12.0. The highest BCUT2D eigenvalue weighted by molar-refractivity contribution is 5.71. The van der Waals surface area contributed by atoms with Crippen molar-refractivity contribution in [3.63, 3.8) is 0 Å². The van der Waals surface area contributed by atoms with E-state index in [9.17, 15) is 14.4 Å². The van der Waals surface area contributed by atoms with Gasteiger partial charge in [-0.3, -0.25) is 14.4 Å². The number of esters is 3. The molecule has 456 valence electrons. The molecule has 0 bridgehead atoms. The van der Waals surface area contributed by atoms with Crippen LogP contribution in [0.15, 0.2) is 12.2 Å². The minimum absolute atomic E-state index is 0.0654. The summed E-state index contributed by atoms with van der Waals surface area (Å²) in [5.41, 5.74) is 0. The molecule has 0 aliphatic rings. The molecule has 6 heteroatoms. The fourth-order valence-corrected chi connectivity index (χ4v) is 11.0. The highest BCUT2D eigenvalue weighted by Crippen LogP contribution is 2.19. The van der Waals surface area contributed by atoms with Crippen molar-refractivity contribution in [1.29, 1.82) is 0 Å². The molecule has 0 radical (unpaired) electrons. The summed E-state index contributed by atoms with van der Waals surface area (Å²) in [6.45, 7) is 6.70. The molecule has 0 aliphatic heterocycles. The van der Waals surface area contributed by atoms with Crippen LogP contribution in [0.5, 0.6) is 0 Å². The average Bonchev–Trinajstić information content (AvgIpc) is 3.43. The van der Waals surface area contributed by atoms with Gasteiger partial charge in [0.25, 0.3) is 0 Å². The maximum Gasteiger partial charge on any atom is 0.306 e. The summed E-state index contributed by atoms with van der Waals surface area (Å²) in [5, 5.41) is 0. The molecule has 0 spiro atoms. The second-order valence-corrected chi connectivity index (χ2v) is 24.2. The molecular weight excluding hydrogens is 949 g/mol. The zero-order valence-corrected chi connectivity index (χ0v) is 52.5. The molecule has 0 amide bonds. The first-order chi connectivity index (χ1) is 38.0. The van der Waals surface area contributed by atoms with Crippen molar-refractivity contribution in [3.05, 3.63) is 12.2 Å². The number of hydrogen-bond acceptors (Lipinski definition) is 6. The lowest BCUT2D eigenvalue weighted by molar-refractivity contribution is -0.167. The Morgan fingerprint density at radius 2 is 0.429 bits per heavy atom. The molecule has 0 aliphatic carbocycles. The zero-order valence-electron chi connectivity index (χ0n) is 52.5. The number of carbonyl (C=O) groups excluding carboxylic acids is 3. The average molecular weight is 1090 g/mol. The van der Waals surface area contributed by atoms with E-state index < -0.39 is 6.10 Å². The smallest absolute Gasteiger partial charge is 0.306 e. The lowest BCUT2D eigenvalue weighted by Gasteiger charge is -2.18. The fraction of sp³-hybridized carbons (Fsp3) is 0.930. The summed E-state index contributed by atoms with van der Waals surface area (Å²) in [6.07, 6.45) is 79.8. The first kappa shape index (κ1) is 75.2. The largest absolute Gasteiger partial charge is 0.462 e. The van der Waals surface area contributed by atoms with E-state index >= 15 is 0 Å². The van der Waals surface area contributed by atoms with Crippen molar-refractivity contribution in [2.45, 2.75) is 412 Å². The molecule has 0 aromatic heterocycles. The van der Waals surface area contributed by atoms with Gasteiger partial charge in [-0.1, -0.05) is 354 Å². The Hall–Kier alpha value is -1.85. The number of carbonyl (C=O) groups is 3. The van der Waals surface area contributed by atoms with Gasteiger partial charge in [-0.05, 0) is 44.9 Å². The van der Waals surface area contributed by atoms with Gasteiger partial charge in [0, 0.05) is 19.3 Å². The van der Waals surface area contributed by atoms with Crippen molar-refractivity contribution in [3.8, 4) is 0 Å². The number of rotatable bonds is 66. The maximum atomic E-state index is 12.9. The Bertz CT molecular complexity index is 1200. The first-order valence-electron chi connectivity index (χ1n) is 35.2. The predicted molar refractivity (Wildman–Crippen MR) is 335 cm³/mol. The van der Waals surface area contributed by atoms with Crippen LogP contribution in [0.2, 0.25) is 0 Å². The van der Waals surface area contributed by atoms with E-state index in [2.05, 4.69) is 32.9 Å². The van der Waals surface area contributed by atoms with Crippen LogP contribution in [0.4, 0.5) is 0 Å². The van der Waals surface area contributed by atoms with E-state index in [1.807, 2.05) is 0 Å². The van der Waals surface area contributed by atoms with Gasteiger partial charge in [-0.15, -0.1) is 0 Å². The van der Waals surface area contributed by atoms with Crippen LogP contribution in [0, 0.1) is 0 Å². The van der Waals surface area contributed by atoms with Crippen molar-refractivity contribution in [1.82, 2.24) is 0 Å². The van der Waals surface area contributed by atoms with E-state index in [1.165, 1.54) is 308 Å². The summed E-state index contributed by atoms with van der Waals surface area (Å²) in [7, 11) is 0. The molecule has 0 heterocycles. The quantitative estimate of drug-likeness (QED) is 0.0261. The standard InChI is InChI=1S/C71H136O6/c1-4-7-10-13-16-19-22-24-26-28-30-31-32-33-34-35-36-37-38-39-40-41-42-44-45-47-49-52-55-58-61-64-70(73)76-67-68(66-75-69(72)63-60-57-54-51-21-18-15-12-9-6-3)77-71(74)65-62-59-56-53-50-48-46-43-29-27-25-23-20-17-14-11-8-5-2/h27,29,68H,4-26,28,30-67H2,1-3H3/b29-27-. The zero-order chi connectivity index (χ0) is 55.7. The minimum Gasteiger partial charge on any atom is -0.462 e. The van der Waals surface area contributed by atoms with Crippen molar-refractivity contribution in [2.24, 2.45) is 0 Å². The summed E-state index contributed by atoms with van der Waals surface area (Å²) in [6, 6.07) is 0. The molecule has 0 saturated carbocycles. The summed E-state index contributed by atoms with van der Waals surface area (Å²) in [5.74, 6) is -0.841. The Morgan fingerprint density at radius 3 is 0.649 bits per heavy atom. The Labute approximate surface area is 481 Å².